The number of fused-ring (bicyclic) bond motifs is 1. The summed E-state index contributed by atoms with van der Waals surface area (Å²) in [5.41, 5.74) is 3.45. The normalized spacial score (nSPS) is 20.6. The zero-order chi connectivity index (χ0) is 16.5. The summed E-state index contributed by atoms with van der Waals surface area (Å²) in [6, 6.07) is 3.07. The first-order valence-corrected chi connectivity index (χ1v) is 6.95. The van der Waals surface area contributed by atoms with E-state index in [1.165, 1.54) is 0 Å². The number of hydrogen-bond acceptors (Lipinski definition) is 2. The molecule has 1 aromatic rings. The van der Waals surface area contributed by atoms with Gasteiger partial charge in [0.2, 0.25) is 0 Å². The largest absolute Gasteiger partial charge is 0.471 e. The Balaban J connectivity index is 2.32. The van der Waals surface area contributed by atoms with Gasteiger partial charge in [-0.25, -0.2) is 0 Å². The zero-order valence-corrected chi connectivity index (χ0v) is 12.5. The van der Waals surface area contributed by atoms with Gasteiger partial charge >= 0.3 is 12.1 Å². The highest BCUT2D eigenvalue weighted by Crippen LogP contribution is 2.43. The van der Waals surface area contributed by atoms with Crippen LogP contribution in [0.1, 0.15) is 40.8 Å². The SMILES string of the molecule is C=CCO[C@@H]1C[C@@H](NC(=O)C(F)(F)F)c2cc(C)cc(C)c21. The molecule has 0 heterocycles. The summed E-state index contributed by atoms with van der Waals surface area (Å²) in [6.07, 6.45) is -3.36. The van der Waals surface area contributed by atoms with E-state index in [1.807, 2.05) is 19.9 Å². The molecular weight excluding hydrogens is 295 g/mol. The molecule has 120 valence electrons. The molecule has 2 rings (SSSR count). The molecule has 1 aliphatic carbocycles. The molecule has 0 aromatic heterocycles. The van der Waals surface area contributed by atoms with Crippen molar-refractivity contribution in [1.29, 1.82) is 0 Å². The van der Waals surface area contributed by atoms with Crippen LogP contribution < -0.4 is 5.32 Å². The highest BCUT2D eigenvalue weighted by molar-refractivity contribution is 5.82. The molecule has 22 heavy (non-hydrogen) atoms. The van der Waals surface area contributed by atoms with Crippen molar-refractivity contribution < 1.29 is 22.7 Å². The van der Waals surface area contributed by atoms with E-state index in [1.54, 1.807) is 12.1 Å². The average Bonchev–Trinajstić information content (AvgIpc) is 2.73. The summed E-state index contributed by atoms with van der Waals surface area (Å²) < 4.78 is 43.1. The zero-order valence-electron chi connectivity index (χ0n) is 12.5. The molecule has 1 aromatic carbocycles. The Morgan fingerprint density at radius 1 is 1.45 bits per heavy atom. The van der Waals surface area contributed by atoms with Crippen LogP contribution in [0.25, 0.3) is 0 Å². The molecule has 0 bridgehead atoms. The average molecular weight is 313 g/mol. The van der Waals surface area contributed by atoms with Crippen molar-refractivity contribution in [2.24, 2.45) is 0 Å². The van der Waals surface area contributed by atoms with Crippen LogP contribution in [0.3, 0.4) is 0 Å². The molecule has 2 atom stereocenters. The van der Waals surface area contributed by atoms with Crippen molar-refractivity contribution in [3.63, 3.8) is 0 Å². The second kappa shape index (κ2) is 6.12. The molecule has 0 radical (unpaired) electrons. The van der Waals surface area contributed by atoms with Crippen molar-refractivity contribution in [3.8, 4) is 0 Å². The molecule has 0 saturated heterocycles. The van der Waals surface area contributed by atoms with Gasteiger partial charge in [0.15, 0.2) is 0 Å². The number of halogens is 3. The standard InChI is InChI=1S/C16H18F3NO2/c1-4-5-22-13-8-12(20-15(21)16(17,18)19)11-7-9(2)6-10(3)14(11)13/h4,6-7,12-13H,1,5,8H2,2-3H3,(H,20,21)/t12-,13-/m1/s1. The van der Waals surface area contributed by atoms with Gasteiger partial charge in [0.25, 0.3) is 0 Å². The Labute approximate surface area is 127 Å². The Kier molecular flexibility index (Phi) is 4.60. The first-order valence-electron chi connectivity index (χ1n) is 6.95. The van der Waals surface area contributed by atoms with Crippen molar-refractivity contribution in [3.05, 3.63) is 47.0 Å². The third kappa shape index (κ3) is 3.32. The Morgan fingerprint density at radius 2 is 2.14 bits per heavy atom. The number of carbonyl (C=O) groups is 1. The number of alkyl halides is 3. The fourth-order valence-corrected chi connectivity index (χ4v) is 2.91. The van der Waals surface area contributed by atoms with E-state index in [4.69, 9.17) is 4.74 Å². The van der Waals surface area contributed by atoms with Gasteiger partial charge < -0.3 is 10.1 Å². The van der Waals surface area contributed by atoms with Crippen molar-refractivity contribution in [1.82, 2.24) is 5.32 Å². The van der Waals surface area contributed by atoms with Crippen LogP contribution in [0.4, 0.5) is 13.2 Å². The van der Waals surface area contributed by atoms with Crippen molar-refractivity contribution in [2.75, 3.05) is 6.61 Å². The third-order valence-electron chi connectivity index (χ3n) is 3.69. The fourth-order valence-electron chi connectivity index (χ4n) is 2.91. The summed E-state index contributed by atoms with van der Waals surface area (Å²) in [5, 5.41) is 2.07. The van der Waals surface area contributed by atoms with Crippen molar-refractivity contribution >= 4 is 5.91 Å². The summed E-state index contributed by atoms with van der Waals surface area (Å²) in [4.78, 5) is 11.2. The van der Waals surface area contributed by atoms with Crippen LogP contribution >= 0.6 is 0 Å². The molecule has 0 unspecified atom stereocenters. The lowest BCUT2D eigenvalue weighted by atomic mass is 9.99. The molecule has 3 nitrogen and oxygen atoms in total. The van der Waals surface area contributed by atoms with E-state index in [-0.39, 0.29) is 12.5 Å². The molecular formula is C16H18F3NO2. The highest BCUT2D eigenvalue weighted by atomic mass is 19.4. The van der Waals surface area contributed by atoms with E-state index in [0.29, 0.717) is 12.2 Å². The highest BCUT2D eigenvalue weighted by Gasteiger charge is 2.42. The Hall–Kier alpha value is -1.82. The minimum atomic E-state index is -4.89. The van der Waals surface area contributed by atoms with Crippen LogP contribution in [0.2, 0.25) is 0 Å². The van der Waals surface area contributed by atoms with E-state index >= 15 is 0 Å². The lowest BCUT2D eigenvalue weighted by molar-refractivity contribution is -0.174. The van der Waals surface area contributed by atoms with Crippen LogP contribution in [0.15, 0.2) is 24.8 Å². The predicted octanol–water partition coefficient (Wildman–Crippen LogP) is 3.67. The Morgan fingerprint density at radius 3 is 2.73 bits per heavy atom. The lowest BCUT2D eigenvalue weighted by Crippen LogP contribution is -2.38. The molecule has 0 fully saturated rings. The van der Waals surface area contributed by atoms with Crippen molar-refractivity contribution in [2.45, 2.75) is 38.6 Å². The molecule has 0 aliphatic heterocycles. The van der Waals surface area contributed by atoms with Crippen LogP contribution in [0, 0.1) is 13.8 Å². The van der Waals surface area contributed by atoms with Gasteiger partial charge in [0.1, 0.15) is 0 Å². The first kappa shape index (κ1) is 16.5. The molecule has 0 spiro atoms. The van der Waals surface area contributed by atoms with E-state index in [0.717, 1.165) is 16.7 Å². The van der Waals surface area contributed by atoms with E-state index in [2.05, 4.69) is 11.9 Å². The molecule has 1 amide bonds. The summed E-state index contributed by atoms with van der Waals surface area (Å²) in [6.45, 7) is 7.64. The number of benzene rings is 1. The topological polar surface area (TPSA) is 38.3 Å². The lowest BCUT2D eigenvalue weighted by Gasteiger charge is -2.16. The van der Waals surface area contributed by atoms with Gasteiger partial charge in [-0.1, -0.05) is 23.8 Å². The number of ether oxygens (including phenoxy) is 1. The second-order valence-electron chi connectivity index (χ2n) is 5.45. The van der Waals surface area contributed by atoms with Crippen LogP contribution in [-0.4, -0.2) is 18.7 Å². The number of nitrogens with one attached hydrogen (secondary N) is 1. The molecule has 6 heteroatoms. The van der Waals surface area contributed by atoms with Gasteiger partial charge in [-0.15, -0.1) is 6.58 Å². The summed E-state index contributed by atoms with van der Waals surface area (Å²) in [7, 11) is 0. The molecule has 1 N–H and O–H groups in total. The minimum Gasteiger partial charge on any atom is -0.369 e. The van der Waals surface area contributed by atoms with Gasteiger partial charge in [-0.2, -0.15) is 13.2 Å². The first-order chi connectivity index (χ1) is 10.2. The van der Waals surface area contributed by atoms with E-state index in [9.17, 15) is 18.0 Å². The summed E-state index contributed by atoms with van der Waals surface area (Å²) >= 11 is 0. The Bertz CT molecular complexity index is 596. The minimum absolute atomic E-state index is 0.287. The summed E-state index contributed by atoms with van der Waals surface area (Å²) in [5.74, 6) is -1.92. The number of hydrogen-bond donors (Lipinski definition) is 1. The monoisotopic (exact) mass is 313 g/mol. The van der Waals surface area contributed by atoms with Gasteiger partial charge in [-0.3, -0.25) is 4.79 Å². The fraction of sp³-hybridized carbons (Fsp3) is 0.438. The number of amides is 1. The van der Waals surface area contributed by atoms with Gasteiger partial charge in [0, 0.05) is 6.42 Å². The maximum atomic E-state index is 12.5. The number of aryl methyl sites for hydroxylation is 2. The third-order valence-corrected chi connectivity index (χ3v) is 3.69. The number of rotatable bonds is 4. The maximum Gasteiger partial charge on any atom is 0.471 e. The van der Waals surface area contributed by atoms with Crippen LogP contribution in [-0.2, 0) is 9.53 Å². The second-order valence-corrected chi connectivity index (χ2v) is 5.45. The van der Waals surface area contributed by atoms with Gasteiger partial charge in [0.05, 0.1) is 18.8 Å². The van der Waals surface area contributed by atoms with Crippen LogP contribution in [0.5, 0.6) is 0 Å². The molecule has 0 saturated carbocycles. The number of carbonyl (C=O) groups excluding carboxylic acids is 1. The molecule has 1 aliphatic rings. The van der Waals surface area contributed by atoms with E-state index < -0.39 is 18.1 Å². The quantitative estimate of drug-likeness (QED) is 0.861. The predicted molar refractivity (Wildman–Crippen MR) is 76.4 cm³/mol. The maximum absolute atomic E-state index is 12.5. The van der Waals surface area contributed by atoms with Gasteiger partial charge in [-0.05, 0) is 30.5 Å². The smallest absolute Gasteiger partial charge is 0.369 e.